The smallest absolute Gasteiger partial charge is 0.411 e. The third-order valence-electron chi connectivity index (χ3n) is 8.66. The van der Waals surface area contributed by atoms with E-state index in [1.165, 1.54) is 9.80 Å². The summed E-state index contributed by atoms with van der Waals surface area (Å²) in [5, 5.41) is 0. The molecule has 0 saturated heterocycles. The Labute approximate surface area is 347 Å². The van der Waals surface area contributed by atoms with Gasteiger partial charge in [-0.3, -0.25) is 19.8 Å². The molecule has 0 aliphatic carbocycles. The molecular weight excluding hydrogens is 777 g/mol. The second kappa shape index (κ2) is 24.8. The molecule has 0 aromatic heterocycles. The molecule has 0 unspecified atom stereocenters. The first-order valence-electron chi connectivity index (χ1n) is 18.8. The molecule has 0 heterocycles. The summed E-state index contributed by atoms with van der Waals surface area (Å²) < 4.78 is 22.3. The number of amides is 2. The van der Waals surface area contributed by atoms with Gasteiger partial charge in [-0.25, -0.2) is 19.2 Å². The highest BCUT2D eigenvalue weighted by atomic mass is 32.2. The van der Waals surface area contributed by atoms with Crippen LogP contribution in [-0.4, -0.2) is 71.0 Å². The molecule has 0 spiro atoms. The zero-order valence-electron chi connectivity index (χ0n) is 32.5. The van der Waals surface area contributed by atoms with Gasteiger partial charge >= 0.3 is 24.1 Å². The maximum absolute atomic E-state index is 13.9. The lowest BCUT2D eigenvalue weighted by molar-refractivity contribution is -0.142. The number of hydrogen-bond acceptors (Lipinski definition) is 11. The van der Waals surface area contributed by atoms with Crippen LogP contribution in [0.2, 0.25) is 0 Å². The Morgan fingerprint density at radius 3 is 1.15 bits per heavy atom. The van der Waals surface area contributed by atoms with Crippen LogP contribution in [0.25, 0.3) is 0 Å². The number of carbonyl (C=O) groups excluding carboxylic acids is 4. The summed E-state index contributed by atoms with van der Waals surface area (Å²) in [6.07, 6.45) is -0.899. The standard InChI is InChI=1S/C42H50N8O8S/c43-39(44)47-25-13-23-35(49(27-31-15-5-1-6-16-31)41(53)55-29-33-19-9-3-10-20-33)37(51)57-59-58-38(52)36(24-14-26-48-40(45)46)50(28-32-17-7-2-8-18-32)42(54)56-30-34-21-11-4-12-22-34/h1-12,15-22,35-36H,13-14,23-30H2,(H4,43,44,47)(H4,45,46,48)/t35-,36-/m0/s1. The van der Waals surface area contributed by atoms with E-state index in [1.807, 2.05) is 48.5 Å². The predicted molar refractivity (Wildman–Crippen MR) is 224 cm³/mol. The average molecular weight is 827 g/mol. The van der Waals surface area contributed by atoms with Crippen LogP contribution in [0.5, 0.6) is 0 Å². The second-order valence-corrected chi connectivity index (χ2v) is 13.6. The fraction of sp³-hybridized carbons (Fsp3) is 0.286. The molecule has 4 aromatic rings. The molecule has 17 heteroatoms. The summed E-state index contributed by atoms with van der Waals surface area (Å²) in [5.41, 5.74) is 25.0. The molecule has 312 valence electrons. The Morgan fingerprint density at radius 2 is 0.831 bits per heavy atom. The van der Waals surface area contributed by atoms with Crippen LogP contribution in [-0.2, 0) is 53.7 Å². The van der Waals surface area contributed by atoms with Gasteiger partial charge in [-0.15, -0.1) is 0 Å². The number of hydrogen-bond donors (Lipinski definition) is 4. The normalized spacial score (nSPS) is 11.5. The van der Waals surface area contributed by atoms with E-state index in [2.05, 4.69) is 9.98 Å². The van der Waals surface area contributed by atoms with E-state index < -0.39 is 36.2 Å². The summed E-state index contributed by atoms with van der Waals surface area (Å²) in [4.78, 5) is 65.8. The molecule has 0 fully saturated rings. The number of aliphatic imine (C=N–C) groups is 2. The Morgan fingerprint density at radius 1 is 0.508 bits per heavy atom. The number of guanidine groups is 2. The van der Waals surface area contributed by atoms with E-state index in [0.717, 1.165) is 11.1 Å². The Balaban J connectivity index is 1.55. The van der Waals surface area contributed by atoms with Gasteiger partial charge in [-0.1, -0.05) is 121 Å². The van der Waals surface area contributed by atoms with Crippen LogP contribution in [0.1, 0.15) is 47.9 Å². The minimum Gasteiger partial charge on any atom is -0.445 e. The van der Waals surface area contributed by atoms with Crippen molar-refractivity contribution < 1.29 is 37.0 Å². The van der Waals surface area contributed by atoms with Gasteiger partial charge in [-0.05, 0) is 47.9 Å². The summed E-state index contributed by atoms with van der Waals surface area (Å²) in [5.74, 6) is -2.08. The van der Waals surface area contributed by atoms with Crippen LogP contribution in [0.15, 0.2) is 131 Å². The number of carbonyl (C=O) groups is 4. The first-order valence-corrected chi connectivity index (χ1v) is 19.5. The lowest BCUT2D eigenvalue weighted by Gasteiger charge is -2.30. The molecule has 16 nitrogen and oxygen atoms in total. The Hall–Kier alpha value is -6.75. The number of nitrogens with two attached hydrogens (primary N) is 4. The SMILES string of the molecule is NC(N)=NCCC[C@@H](C(=O)OSOC(=O)[C@H](CCCN=C(N)N)N(Cc1ccccc1)C(=O)OCc1ccccc1)N(Cc1ccccc1)C(=O)OCc1ccccc1. The molecule has 0 bridgehead atoms. The zero-order chi connectivity index (χ0) is 42.2. The van der Waals surface area contributed by atoms with Crippen LogP contribution < -0.4 is 22.9 Å². The average Bonchev–Trinajstić information content (AvgIpc) is 3.24. The van der Waals surface area contributed by atoms with Gasteiger partial charge in [0.1, 0.15) is 25.3 Å². The van der Waals surface area contributed by atoms with Crippen molar-refractivity contribution in [2.75, 3.05) is 13.1 Å². The first-order chi connectivity index (χ1) is 28.6. The van der Waals surface area contributed by atoms with Gasteiger partial charge < -0.3 is 40.8 Å². The minimum atomic E-state index is -1.23. The van der Waals surface area contributed by atoms with Gasteiger partial charge in [0, 0.05) is 26.2 Å². The summed E-state index contributed by atoms with van der Waals surface area (Å²) in [6, 6.07) is 33.8. The maximum Gasteiger partial charge on any atom is 0.411 e. The molecule has 0 radical (unpaired) electrons. The molecule has 2 atom stereocenters. The fourth-order valence-electron chi connectivity index (χ4n) is 5.75. The topological polar surface area (TPSA) is 240 Å². The highest BCUT2D eigenvalue weighted by molar-refractivity contribution is 7.90. The molecular formula is C42H50N8O8S. The Kier molecular flexibility index (Phi) is 18.9. The van der Waals surface area contributed by atoms with Crippen LogP contribution in [0, 0.1) is 0 Å². The Bertz CT molecular complexity index is 1810. The zero-order valence-corrected chi connectivity index (χ0v) is 33.4. The highest BCUT2D eigenvalue weighted by Crippen LogP contribution is 2.23. The van der Waals surface area contributed by atoms with Crippen molar-refractivity contribution in [1.82, 2.24) is 9.80 Å². The quantitative estimate of drug-likeness (QED) is 0.0347. The molecule has 0 aliphatic rings. The van der Waals surface area contributed by atoms with Crippen LogP contribution in [0.4, 0.5) is 9.59 Å². The molecule has 4 aromatic carbocycles. The third kappa shape index (κ3) is 16.3. The summed E-state index contributed by atoms with van der Waals surface area (Å²) in [6.45, 7) is 0.184. The van der Waals surface area contributed by atoms with E-state index >= 15 is 0 Å². The van der Waals surface area contributed by atoms with E-state index in [-0.39, 0.29) is 89.3 Å². The first kappa shape index (κ1) is 45.0. The van der Waals surface area contributed by atoms with Crippen molar-refractivity contribution in [3.05, 3.63) is 144 Å². The number of benzene rings is 4. The van der Waals surface area contributed by atoms with Gasteiger partial charge in [0.25, 0.3) is 12.3 Å². The van der Waals surface area contributed by atoms with Gasteiger partial charge in [0.15, 0.2) is 11.9 Å². The molecule has 4 rings (SSSR count). The monoisotopic (exact) mass is 826 g/mol. The highest BCUT2D eigenvalue weighted by Gasteiger charge is 2.35. The number of rotatable bonds is 22. The molecule has 0 aliphatic heterocycles. The number of ether oxygens (including phenoxy) is 2. The summed E-state index contributed by atoms with van der Waals surface area (Å²) in [7, 11) is 0. The molecule has 8 N–H and O–H groups in total. The van der Waals surface area contributed by atoms with Crippen molar-refractivity contribution in [1.29, 1.82) is 0 Å². The fourth-order valence-corrected chi connectivity index (χ4v) is 6.14. The van der Waals surface area contributed by atoms with Gasteiger partial charge in [0.2, 0.25) is 0 Å². The predicted octanol–water partition coefficient (Wildman–Crippen LogP) is 5.16. The van der Waals surface area contributed by atoms with Gasteiger partial charge in [0.05, 0.1) is 0 Å². The van der Waals surface area contributed by atoms with Crippen LogP contribution >= 0.6 is 12.3 Å². The van der Waals surface area contributed by atoms with Crippen molar-refractivity contribution in [2.45, 2.75) is 64.1 Å². The van der Waals surface area contributed by atoms with Gasteiger partial charge in [-0.2, -0.15) is 0 Å². The van der Waals surface area contributed by atoms with E-state index in [1.54, 1.807) is 72.8 Å². The molecule has 2 amide bonds. The summed E-state index contributed by atoms with van der Waals surface area (Å²) >= 11 is 0.114. The van der Waals surface area contributed by atoms with E-state index in [9.17, 15) is 19.2 Å². The minimum absolute atomic E-state index is 0.0155. The second-order valence-electron chi connectivity index (χ2n) is 13.1. The third-order valence-corrected chi connectivity index (χ3v) is 9.12. The number of nitrogens with zero attached hydrogens (tertiary/aromatic N) is 4. The van der Waals surface area contributed by atoms with Crippen molar-refractivity contribution in [3.8, 4) is 0 Å². The molecule has 0 saturated carbocycles. The van der Waals surface area contributed by atoms with Crippen molar-refractivity contribution >= 4 is 48.4 Å². The molecule has 59 heavy (non-hydrogen) atoms. The van der Waals surface area contributed by atoms with E-state index in [0.29, 0.717) is 11.1 Å². The largest absolute Gasteiger partial charge is 0.445 e. The van der Waals surface area contributed by atoms with Crippen molar-refractivity contribution in [2.24, 2.45) is 32.9 Å². The lowest BCUT2D eigenvalue weighted by atomic mass is 10.1. The van der Waals surface area contributed by atoms with Crippen molar-refractivity contribution in [3.63, 3.8) is 0 Å². The lowest BCUT2D eigenvalue weighted by Crippen LogP contribution is -2.46. The maximum atomic E-state index is 13.9. The van der Waals surface area contributed by atoms with E-state index in [4.69, 9.17) is 40.8 Å². The van der Waals surface area contributed by atoms with Crippen LogP contribution in [0.3, 0.4) is 0 Å².